The van der Waals surface area contributed by atoms with Gasteiger partial charge in [0, 0.05) is 32.6 Å². The van der Waals surface area contributed by atoms with Crippen molar-refractivity contribution in [2.24, 2.45) is 5.92 Å². The molecule has 1 fully saturated rings. The van der Waals surface area contributed by atoms with Crippen molar-refractivity contribution in [3.8, 4) is 0 Å². The quantitative estimate of drug-likeness (QED) is 0.656. The summed E-state index contributed by atoms with van der Waals surface area (Å²) in [5.41, 5.74) is 0. The Morgan fingerprint density at radius 3 is 2.68 bits per heavy atom. The summed E-state index contributed by atoms with van der Waals surface area (Å²) in [4.78, 5) is 35.4. The Morgan fingerprint density at radius 1 is 1.32 bits per heavy atom. The molecule has 0 unspecified atom stereocenters. The van der Waals surface area contributed by atoms with Gasteiger partial charge in [0.2, 0.25) is 5.91 Å². The van der Waals surface area contributed by atoms with E-state index in [0.717, 1.165) is 0 Å². The van der Waals surface area contributed by atoms with Gasteiger partial charge >= 0.3 is 12.0 Å². The van der Waals surface area contributed by atoms with E-state index in [1.165, 1.54) is 4.90 Å². The number of carbonyl (C=O) groups excluding carboxylic acids is 2. The second-order valence-electron chi connectivity index (χ2n) is 4.56. The van der Waals surface area contributed by atoms with E-state index in [-0.39, 0.29) is 31.4 Å². The number of carboxylic acids is 1. The first kappa shape index (κ1) is 15.3. The Balaban J connectivity index is 2.29. The molecule has 3 amide bonds. The predicted molar refractivity (Wildman–Crippen MR) is 68.6 cm³/mol. The van der Waals surface area contributed by atoms with Crippen molar-refractivity contribution in [3.63, 3.8) is 0 Å². The van der Waals surface area contributed by atoms with Gasteiger partial charge in [0.25, 0.3) is 0 Å². The van der Waals surface area contributed by atoms with E-state index in [1.54, 1.807) is 0 Å². The fourth-order valence-electron chi connectivity index (χ4n) is 2.04. The van der Waals surface area contributed by atoms with Crippen molar-refractivity contribution >= 4 is 17.9 Å². The molecule has 1 heterocycles. The topological polar surface area (TPSA) is 98.7 Å². The van der Waals surface area contributed by atoms with Crippen LogP contribution in [0.15, 0.2) is 0 Å². The van der Waals surface area contributed by atoms with Gasteiger partial charge < -0.3 is 20.6 Å². The third-order valence-electron chi connectivity index (χ3n) is 3.06. The highest BCUT2D eigenvalue weighted by Crippen LogP contribution is 2.16. The van der Waals surface area contributed by atoms with Crippen LogP contribution >= 0.6 is 0 Å². The lowest BCUT2D eigenvalue weighted by atomic mass is 9.99. The lowest BCUT2D eigenvalue weighted by molar-refractivity contribution is -0.143. The number of aliphatic carboxylic acids is 1. The molecule has 0 aromatic heterocycles. The standard InChI is InChI=1S/C12H21N3O4/c1-2-13-10(16)5-6-14-12(19)15-7-3-4-9(8-15)11(17)18/h9H,2-8H2,1H3,(H,13,16)(H,14,19)(H,17,18)/t9-/m0/s1. The van der Waals surface area contributed by atoms with Gasteiger partial charge in [-0.3, -0.25) is 9.59 Å². The number of piperidine rings is 1. The van der Waals surface area contributed by atoms with Gasteiger partial charge in [-0.2, -0.15) is 0 Å². The molecule has 0 bridgehead atoms. The summed E-state index contributed by atoms with van der Waals surface area (Å²) < 4.78 is 0. The van der Waals surface area contributed by atoms with Gasteiger partial charge in [-0.25, -0.2) is 4.79 Å². The van der Waals surface area contributed by atoms with Crippen molar-refractivity contribution in [2.45, 2.75) is 26.2 Å². The fraction of sp³-hybridized carbons (Fsp3) is 0.750. The van der Waals surface area contributed by atoms with Crippen molar-refractivity contribution < 1.29 is 19.5 Å². The van der Waals surface area contributed by atoms with E-state index in [1.807, 2.05) is 6.92 Å². The Bertz CT molecular complexity index is 346. The maximum Gasteiger partial charge on any atom is 0.317 e. The zero-order chi connectivity index (χ0) is 14.3. The smallest absolute Gasteiger partial charge is 0.317 e. The van der Waals surface area contributed by atoms with E-state index in [2.05, 4.69) is 10.6 Å². The molecule has 0 aromatic rings. The van der Waals surface area contributed by atoms with Gasteiger partial charge in [0.05, 0.1) is 5.92 Å². The van der Waals surface area contributed by atoms with Crippen LogP contribution in [-0.4, -0.2) is 54.1 Å². The molecule has 19 heavy (non-hydrogen) atoms. The normalized spacial score (nSPS) is 18.8. The molecule has 1 aliphatic heterocycles. The second kappa shape index (κ2) is 7.60. The predicted octanol–water partition coefficient (Wildman–Crippen LogP) is 0.0188. The van der Waals surface area contributed by atoms with Crippen molar-refractivity contribution in [2.75, 3.05) is 26.2 Å². The van der Waals surface area contributed by atoms with E-state index in [0.29, 0.717) is 25.9 Å². The molecule has 1 atom stereocenters. The number of hydrogen-bond acceptors (Lipinski definition) is 3. The van der Waals surface area contributed by atoms with Crippen LogP contribution < -0.4 is 10.6 Å². The average Bonchev–Trinajstić information content (AvgIpc) is 2.39. The highest BCUT2D eigenvalue weighted by molar-refractivity contribution is 5.79. The largest absolute Gasteiger partial charge is 0.481 e. The Kier molecular flexibility index (Phi) is 6.11. The van der Waals surface area contributed by atoms with Crippen LogP contribution in [0.5, 0.6) is 0 Å². The summed E-state index contributed by atoms with van der Waals surface area (Å²) in [6, 6.07) is -0.296. The van der Waals surface area contributed by atoms with Crippen LogP contribution in [0.2, 0.25) is 0 Å². The van der Waals surface area contributed by atoms with Gasteiger partial charge in [0.1, 0.15) is 0 Å². The maximum atomic E-state index is 11.8. The van der Waals surface area contributed by atoms with Crippen LogP contribution in [0.3, 0.4) is 0 Å². The molecule has 0 radical (unpaired) electrons. The molecular formula is C12H21N3O4. The highest BCUT2D eigenvalue weighted by atomic mass is 16.4. The lowest BCUT2D eigenvalue weighted by Gasteiger charge is -2.30. The van der Waals surface area contributed by atoms with Crippen LogP contribution in [0.4, 0.5) is 4.79 Å². The molecule has 1 saturated heterocycles. The molecule has 0 spiro atoms. The average molecular weight is 271 g/mol. The van der Waals surface area contributed by atoms with E-state index in [4.69, 9.17) is 5.11 Å². The molecule has 3 N–H and O–H groups in total. The number of nitrogens with zero attached hydrogens (tertiary/aromatic N) is 1. The number of urea groups is 1. The van der Waals surface area contributed by atoms with Gasteiger partial charge in [-0.1, -0.05) is 0 Å². The summed E-state index contributed by atoms with van der Waals surface area (Å²) in [7, 11) is 0. The molecule has 7 heteroatoms. The van der Waals surface area contributed by atoms with Crippen molar-refractivity contribution in [1.29, 1.82) is 0 Å². The highest BCUT2D eigenvalue weighted by Gasteiger charge is 2.27. The molecule has 1 rings (SSSR count). The summed E-state index contributed by atoms with van der Waals surface area (Å²) in [5.74, 6) is -1.45. The fourth-order valence-corrected chi connectivity index (χ4v) is 2.04. The first-order chi connectivity index (χ1) is 9.04. The molecule has 108 valence electrons. The lowest BCUT2D eigenvalue weighted by Crippen LogP contribution is -2.47. The van der Waals surface area contributed by atoms with E-state index in [9.17, 15) is 14.4 Å². The Labute approximate surface area is 112 Å². The number of carboxylic acid groups (broad SMARTS) is 1. The third kappa shape index (κ3) is 5.15. The van der Waals surface area contributed by atoms with Gasteiger partial charge in [-0.15, -0.1) is 0 Å². The summed E-state index contributed by atoms with van der Waals surface area (Å²) in [6.45, 7) is 3.47. The molecule has 1 aliphatic rings. The van der Waals surface area contributed by atoms with E-state index >= 15 is 0 Å². The van der Waals surface area contributed by atoms with Crippen LogP contribution in [-0.2, 0) is 9.59 Å². The van der Waals surface area contributed by atoms with Crippen LogP contribution in [0.25, 0.3) is 0 Å². The number of nitrogens with one attached hydrogen (secondary N) is 2. The Morgan fingerprint density at radius 2 is 2.05 bits per heavy atom. The SMILES string of the molecule is CCNC(=O)CCNC(=O)N1CCC[C@H](C(=O)O)C1. The van der Waals surface area contributed by atoms with Gasteiger partial charge in [-0.05, 0) is 19.8 Å². The molecule has 0 saturated carbocycles. The summed E-state index contributed by atoms with van der Waals surface area (Å²) >= 11 is 0. The molecular weight excluding hydrogens is 250 g/mol. The molecule has 7 nitrogen and oxygen atoms in total. The zero-order valence-corrected chi connectivity index (χ0v) is 11.1. The zero-order valence-electron chi connectivity index (χ0n) is 11.1. The third-order valence-corrected chi connectivity index (χ3v) is 3.06. The number of rotatable bonds is 5. The minimum atomic E-state index is -0.861. The first-order valence-electron chi connectivity index (χ1n) is 6.56. The van der Waals surface area contributed by atoms with Crippen LogP contribution in [0.1, 0.15) is 26.2 Å². The van der Waals surface area contributed by atoms with Crippen molar-refractivity contribution in [1.82, 2.24) is 15.5 Å². The van der Waals surface area contributed by atoms with E-state index < -0.39 is 11.9 Å². The van der Waals surface area contributed by atoms with Crippen molar-refractivity contribution in [3.05, 3.63) is 0 Å². The number of amides is 3. The Hall–Kier alpha value is -1.79. The summed E-state index contributed by atoms with van der Waals surface area (Å²) in [6.07, 6.45) is 1.54. The van der Waals surface area contributed by atoms with Gasteiger partial charge in [0.15, 0.2) is 0 Å². The number of likely N-dealkylation sites (tertiary alicyclic amines) is 1. The monoisotopic (exact) mass is 271 g/mol. The first-order valence-corrected chi connectivity index (χ1v) is 6.56. The number of hydrogen-bond donors (Lipinski definition) is 3. The second-order valence-corrected chi connectivity index (χ2v) is 4.56. The number of carbonyl (C=O) groups is 3. The maximum absolute atomic E-state index is 11.8. The molecule has 0 aromatic carbocycles. The minimum absolute atomic E-state index is 0.107. The molecule has 0 aliphatic carbocycles. The summed E-state index contributed by atoms with van der Waals surface area (Å²) in [5, 5.41) is 14.2. The minimum Gasteiger partial charge on any atom is -0.481 e. The van der Waals surface area contributed by atoms with Crippen LogP contribution in [0, 0.1) is 5.92 Å².